The third-order valence-electron chi connectivity index (χ3n) is 10.7. The Morgan fingerprint density at radius 2 is 1.19 bits per heavy atom. The molecule has 5 N–H and O–H groups in total. The van der Waals surface area contributed by atoms with Crippen LogP contribution in [0.3, 0.4) is 0 Å². The highest BCUT2D eigenvalue weighted by Gasteiger charge is 2.26. The minimum absolute atomic E-state index is 0.148. The Balaban J connectivity index is 0.000000311. The molecule has 2 aromatic heterocycles. The van der Waals surface area contributed by atoms with E-state index in [1.165, 1.54) is 48.1 Å². The summed E-state index contributed by atoms with van der Waals surface area (Å²) < 4.78 is 1.49. The van der Waals surface area contributed by atoms with E-state index in [2.05, 4.69) is 22.7 Å². The number of nitrogens with zero attached hydrogens (tertiary/aromatic N) is 2. The van der Waals surface area contributed by atoms with Crippen molar-refractivity contribution in [2.75, 3.05) is 6.54 Å². The van der Waals surface area contributed by atoms with Gasteiger partial charge in [0.2, 0.25) is 5.91 Å². The predicted molar refractivity (Wildman–Crippen MR) is 246 cm³/mol. The van der Waals surface area contributed by atoms with Crippen LogP contribution in [0.1, 0.15) is 116 Å². The van der Waals surface area contributed by atoms with Gasteiger partial charge in [-0.2, -0.15) is 0 Å². The number of H-pyrrole nitrogens is 1. The third-order valence-corrected chi connectivity index (χ3v) is 10.7. The van der Waals surface area contributed by atoms with E-state index < -0.39 is 28.7 Å². The van der Waals surface area contributed by atoms with Gasteiger partial charge >= 0.3 is 0 Å². The van der Waals surface area contributed by atoms with E-state index in [0.717, 1.165) is 30.4 Å². The zero-order valence-corrected chi connectivity index (χ0v) is 36.0. The molecule has 0 aliphatic heterocycles. The van der Waals surface area contributed by atoms with Crippen molar-refractivity contribution in [3.63, 3.8) is 0 Å². The van der Waals surface area contributed by atoms with Gasteiger partial charge in [-0.1, -0.05) is 150 Å². The van der Waals surface area contributed by atoms with Gasteiger partial charge in [0.25, 0.3) is 22.9 Å². The van der Waals surface area contributed by atoms with Crippen LogP contribution in [-0.2, 0) is 22.7 Å². The van der Waals surface area contributed by atoms with Gasteiger partial charge in [-0.15, -0.1) is 0 Å². The van der Waals surface area contributed by atoms with Gasteiger partial charge in [0, 0.05) is 23.6 Å². The molecule has 0 saturated heterocycles. The Kier molecular flexibility index (Phi) is 17.8. The molecule has 13 heteroatoms. The lowest BCUT2D eigenvalue weighted by Crippen LogP contribution is -2.47. The van der Waals surface area contributed by atoms with Crippen molar-refractivity contribution in [1.82, 2.24) is 25.3 Å². The van der Waals surface area contributed by atoms with E-state index in [4.69, 9.17) is 0 Å². The molecule has 6 aromatic rings. The van der Waals surface area contributed by atoms with Crippen molar-refractivity contribution in [2.24, 2.45) is 0 Å². The molecule has 0 fully saturated rings. The first-order chi connectivity index (χ1) is 30.5. The SMILES string of the molecule is CCC(=O)CNC(=O)c1c(O)c2ccccc2[nH]c1=O.CCCCCCCCCCCC(=O)N(Cc1ccccc1)NC(=O)c1c(O)c2ccccc2n(Cc2ccccc2)c1=O. The molecule has 0 aliphatic carbocycles. The summed E-state index contributed by atoms with van der Waals surface area (Å²) in [7, 11) is 0. The number of aromatic hydroxyl groups is 2. The van der Waals surface area contributed by atoms with Gasteiger partial charge in [0.05, 0.1) is 30.7 Å². The maximum absolute atomic E-state index is 13.8. The first kappa shape index (κ1) is 47.0. The monoisotopic (exact) mass is 855 g/mol. The number of unbranched alkanes of at least 4 members (excludes halogenated alkanes) is 8. The summed E-state index contributed by atoms with van der Waals surface area (Å²) in [6, 6.07) is 32.4. The number of benzene rings is 4. The fraction of sp³-hybridized carbons (Fsp3) is 0.320. The summed E-state index contributed by atoms with van der Waals surface area (Å²) in [5, 5.41) is 25.6. The lowest BCUT2D eigenvalue weighted by atomic mass is 10.1. The number of nitrogens with one attached hydrogen (secondary N) is 3. The number of hydrogen-bond donors (Lipinski definition) is 5. The molecule has 4 aromatic carbocycles. The highest BCUT2D eigenvalue weighted by molar-refractivity contribution is 6.04. The van der Waals surface area contributed by atoms with Gasteiger partial charge in [-0.25, -0.2) is 5.01 Å². The van der Waals surface area contributed by atoms with Crippen molar-refractivity contribution < 1.29 is 29.4 Å². The molecule has 3 amide bonds. The van der Waals surface area contributed by atoms with Crippen LogP contribution in [0, 0.1) is 0 Å². The second-order valence-electron chi connectivity index (χ2n) is 15.4. The normalized spacial score (nSPS) is 10.8. The summed E-state index contributed by atoms with van der Waals surface area (Å²) in [5.74, 6) is -2.75. The molecular formula is C50H57N5O8. The van der Waals surface area contributed by atoms with E-state index in [9.17, 15) is 39.0 Å². The van der Waals surface area contributed by atoms with Crippen molar-refractivity contribution in [3.8, 4) is 11.5 Å². The van der Waals surface area contributed by atoms with Crippen LogP contribution in [0.15, 0.2) is 119 Å². The molecular weight excluding hydrogens is 799 g/mol. The van der Waals surface area contributed by atoms with Gasteiger partial charge in [-0.3, -0.25) is 34.2 Å². The number of amides is 3. The van der Waals surface area contributed by atoms with Crippen LogP contribution in [0.4, 0.5) is 0 Å². The maximum atomic E-state index is 13.8. The number of hydrazine groups is 1. The molecule has 0 bridgehead atoms. The molecule has 330 valence electrons. The summed E-state index contributed by atoms with van der Waals surface area (Å²) in [4.78, 5) is 78.3. The quantitative estimate of drug-likeness (QED) is 0.0397. The summed E-state index contributed by atoms with van der Waals surface area (Å²) in [6.07, 6.45) is 10.8. The highest BCUT2D eigenvalue weighted by atomic mass is 16.3. The number of ketones is 1. The Bertz CT molecular complexity index is 2610. The largest absolute Gasteiger partial charge is 0.506 e. The Hall–Kier alpha value is -7.02. The standard InChI is InChI=1S/C36H43N3O4.C14H14N2O4/c1-2-3-4-5-6-7-8-9-16-25-32(40)39(27-29-21-14-11-15-22-29)37-35(42)33-34(41)30-23-17-18-24-31(30)38(36(33)43)26-28-19-12-10-13-20-28;1-2-8(17)7-15-13(19)11-12(18)9-5-3-4-6-10(9)16-14(11)20/h10-15,17-24,41H,2-9,16,25-27H2,1H3,(H,37,42);3-6H,2,7H2,1H3,(H,15,19)(H2,16,18,20). The fourth-order valence-electron chi connectivity index (χ4n) is 7.20. The summed E-state index contributed by atoms with van der Waals surface area (Å²) in [5.41, 5.74) is 3.28. The number of para-hydroxylation sites is 2. The van der Waals surface area contributed by atoms with E-state index in [1.807, 2.05) is 60.7 Å². The van der Waals surface area contributed by atoms with Gasteiger partial charge in [0.15, 0.2) is 5.78 Å². The number of pyridine rings is 2. The molecule has 63 heavy (non-hydrogen) atoms. The molecule has 0 unspecified atom stereocenters. The minimum Gasteiger partial charge on any atom is -0.506 e. The van der Waals surface area contributed by atoms with Crippen molar-refractivity contribution in [2.45, 2.75) is 97.6 Å². The Morgan fingerprint density at radius 1 is 0.635 bits per heavy atom. The van der Waals surface area contributed by atoms with Crippen molar-refractivity contribution in [1.29, 1.82) is 0 Å². The van der Waals surface area contributed by atoms with Crippen molar-refractivity contribution >= 4 is 45.3 Å². The number of aromatic nitrogens is 2. The van der Waals surface area contributed by atoms with E-state index in [0.29, 0.717) is 28.2 Å². The summed E-state index contributed by atoms with van der Waals surface area (Å²) in [6.45, 7) is 4.10. The highest BCUT2D eigenvalue weighted by Crippen LogP contribution is 2.27. The Morgan fingerprint density at radius 3 is 1.84 bits per heavy atom. The van der Waals surface area contributed by atoms with Gasteiger partial charge in [0.1, 0.15) is 22.6 Å². The lowest BCUT2D eigenvalue weighted by molar-refractivity contribution is -0.134. The first-order valence-electron chi connectivity index (χ1n) is 21.7. The van der Waals surface area contributed by atoms with Crippen molar-refractivity contribution in [3.05, 3.63) is 152 Å². The zero-order valence-electron chi connectivity index (χ0n) is 36.0. The number of Topliss-reactive ketones (excluding diaryl/α,β-unsaturated/α-hetero) is 1. The van der Waals surface area contributed by atoms with E-state index >= 15 is 0 Å². The van der Waals surface area contributed by atoms with Crippen LogP contribution >= 0.6 is 0 Å². The smallest absolute Gasteiger partial charge is 0.279 e. The maximum Gasteiger partial charge on any atom is 0.279 e. The van der Waals surface area contributed by atoms with E-state index in [1.54, 1.807) is 55.5 Å². The number of hydrogen-bond acceptors (Lipinski definition) is 8. The number of fused-ring (bicyclic) bond motifs is 2. The first-order valence-corrected chi connectivity index (χ1v) is 21.7. The molecule has 0 radical (unpaired) electrons. The van der Waals surface area contributed by atoms with Crippen LogP contribution in [0.25, 0.3) is 21.8 Å². The fourth-order valence-corrected chi connectivity index (χ4v) is 7.20. The van der Waals surface area contributed by atoms with Gasteiger partial charge in [-0.05, 0) is 41.8 Å². The second-order valence-corrected chi connectivity index (χ2v) is 15.4. The molecule has 13 nitrogen and oxygen atoms in total. The zero-order chi connectivity index (χ0) is 45.1. The molecule has 0 atom stereocenters. The molecule has 6 rings (SSSR count). The molecule has 2 heterocycles. The topological polar surface area (TPSA) is 191 Å². The molecule has 0 aliphatic rings. The van der Waals surface area contributed by atoms with E-state index in [-0.39, 0.29) is 54.6 Å². The average Bonchev–Trinajstić information content (AvgIpc) is 3.29. The van der Waals surface area contributed by atoms with Crippen LogP contribution in [-0.4, -0.2) is 54.8 Å². The minimum atomic E-state index is -0.813. The summed E-state index contributed by atoms with van der Waals surface area (Å²) >= 11 is 0. The number of carbonyl (C=O) groups is 4. The van der Waals surface area contributed by atoms with Crippen LogP contribution < -0.4 is 21.9 Å². The number of rotatable bonds is 19. The average molecular weight is 856 g/mol. The third kappa shape index (κ3) is 13.0. The molecule has 0 spiro atoms. The lowest BCUT2D eigenvalue weighted by Gasteiger charge is -2.24. The number of carbonyl (C=O) groups excluding carboxylic acids is 4. The second kappa shape index (κ2) is 23.8. The molecule has 0 saturated carbocycles. The number of aromatic amines is 1. The predicted octanol–water partition coefficient (Wildman–Crippen LogP) is 8.29. The Labute approximate surface area is 366 Å². The van der Waals surface area contributed by atoms with Crippen LogP contribution in [0.5, 0.6) is 11.5 Å². The van der Waals surface area contributed by atoms with Crippen LogP contribution in [0.2, 0.25) is 0 Å². The van der Waals surface area contributed by atoms with Gasteiger partial charge < -0.3 is 25.1 Å².